The molecule has 0 atom stereocenters. The molecule has 0 spiro atoms. The summed E-state index contributed by atoms with van der Waals surface area (Å²) in [4.78, 5) is 14.2. The fourth-order valence-corrected chi connectivity index (χ4v) is 3.08. The zero-order chi connectivity index (χ0) is 15.2. The lowest BCUT2D eigenvalue weighted by Crippen LogP contribution is -2.29. The van der Waals surface area contributed by atoms with Gasteiger partial charge in [-0.15, -0.1) is 0 Å². The molecule has 110 valence electrons. The highest BCUT2D eigenvalue weighted by molar-refractivity contribution is 7.89. The maximum atomic E-state index is 12.5. The molecule has 0 bridgehead atoms. The van der Waals surface area contributed by atoms with E-state index in [-0.39, 0.29) is 10.8 Å². The molecular weight excluding hydrogens is 292 g/mol. The van der Waals surface area contributed by atoms with Crippen LogP contribution in [0.3, 0.4) is 0 Å². The summed E-state index contributed by atoms with van der Waals surface area (Å²) in [5.74, 6) is 0.415. The Hall–Kier alpha value is -2.12. The number of carbonyl (C=O) groups excluding carboxylic acids is 1. The highest BCUT2D eigenvalue weighted by atomic mass is 32.2. The van der Waals surface area contributed by atoms with Crippen LogP contribution in [-0.4, -0.2) is 20.9 Å². The Kier molecular flexibility index (Phi) is 3.11. The van der Waals surface area contributed by atoms with E-state index < -0.39 is 10.0 Å². The second kappa shape index (κ2) is 4.71. The molecule has 2 heterocycles. The summed E-state index contributed by atoms with van der Waals surface area (Å²) >= 11 is 0. The van der Waals surface area contributed by atoms with Gasteiger partial charge in [0.2, 0.25) is 10.0 Å². The minimum Gasteiger partial charge on any atom is -0.469 e. The monoisotopic (exact) mass is 306 g/mol. The van der Waals surface area contributed by atoms with Crippen molar-refractivity contribution >= 4 is 21.6 Å². The van der Waals surface area contributed by atoms with Crippen molar-refractivity contribution in [2.45, 2.75) is 18.2 Å². The van der Waals surface area contributed by atoms with E-state index in [0.29, 0.717) is 30.0 Å². The number of nitrogens with two attached hydrogens (primary N) is 1. The Morgan fingerprint density at radius 2 is 2.10 bits per heavy atom. The van der Waals surface area contributed by atoms with Crippen molar-refractivity contribution in [3.05, 3.63) is 47.4 Å². The number of hydrogen-bond donors (Lipinski definition) is 1. The number of furan rings is 1. The summed E-state index contributed by atoms with van der Waals surface area (Å²) in [5, 5.41) is 5.12. The topological polar surface area (TPSA) is 93.6 Å². The lowest BCUT2D eigenvalue weighted by Gasteiger charge is -2.17. The highest BCUT2D eigenvalue weighted by Gasteiger charge is 2.28. The molecule has 1 aliphatic rings. The summed E-state index contributed by atoms with van der Waals surface area (Å²) in [6, 6.07) is 6.20. The first kappa shape index (κ1) is 13.8. The number of rotatable bonds is 2. The Bertz CT molecular complexity index is 823. The standard InChI is InChI=1S/C14H14N2O4S/c1-9-12(5-7-20-9)14(17)16-6-4-10-8-11(21(15,18)19)2-3-13(10)16/h2-3,5,7-8H,4,6H2,1H3,(H2,15,18,19). The fourth-order valence-electron chi connectivity index (χ4n) is 2.52. The summed E-state index contributed by atoms with van der Waals surface area (Å²) in [6.45, 7) is 2.24. The first-order valence-electron chi connectivity index (χ1n) is 6.39. The molecule has 0 unspecified atom stereocenters. The van der Waals surface area contributed by atoms with Crippen LogP contribution in [0.4, 0.5) is 5.69 Å². The van der Waals surface area contributed by atoms with Gasteiger partial charge in [-0.25, -0.2) is 13.6 Å². The van der Waals surface area contributed by atoms with Crippen LogP contribution in [0.25, 0.3) is 0 Å². The van der Waals surface area contributed by atoms with E-state index in [0.717, 1.165) is 5.56 Å². The van der Waals surface area contributed by atoms with Crippen LogP contribution in [0, 0.1) is 6.92 Å². The van der Waals surface area contributed by atoms with Crippen LogP contribution >= 0.6 is 0 Å². The van der Waals surface area contributed by atoms with Gasteiger partial charge in [0.25, 0.3) is 5.91 Å². The van der Waals surface area contributed by atoms with E-state index in [2.05, 4.69) is 0 Å². The molecule has 0 radical (unpaired) electrons. The van der Waals surface area contributed by atoms with Crippen molar-refractivity contribution in [3.63, 3.8) is 0 Å². The van der Waals surface area contributed by atoms with Crippen molar-refractivity contribution in [2.24, 2.45) is 5.14 Å². The second-order valence-corrected chi connectivity index (χ2v) is 6.49. The molecule has 0 fully saturated rings. The third-order valence-corrected chi connectivity index (χ3v) is 4.52. The van der Waals surface area contributed by atoms with Crippen molar-refractivity contribution < 1.29 is 17.6 Å². The minimum absolute atomic E-state index is 0.0649. The Balaban J connectivity index is 1.98. The van der Waals surface area contributed by atoms with Gasteiger partial charge >= 0.3 is 0 Å². The van der Waals surface area contributed by atoms with Crippen LogP contribution < -0.4 is 10.0 Å². The predicted molar refractivity (Wildman–Crippen MR) is 76.6 cm³/mol. The lowest BCUT2D eigenvalue weighted by atomic mass is 10.1. The molecule has 3 rings (SSSR count). The molecule has 1 aliphatic heterocycles. The van der Waals surface area contributed by atoms with Gasteiger partial charge in [0.05, 0.1) is 16.7 Å². The van der Waals surface area contributed by atoms with E-state index in [9.17, 15) is 13.2 Å². The average molecular weight is 306 g/mol. The largest absolute Gasteiger partial charge is 0.469 e. The van der Waals surface area contributed by atoms with Gasteiger partial charge in [0.15, 0.2) is 0 Å². The maximum absolute atomic E-state index is 12.5. The Morgan fingerprint density at radius 1 is 1.33 bits per heavy atom. The van der Waals surface area contributed by atoms with Crippen LogP contribution in [0.5, 0.6) is 0 Å². The van der Waals surface area contributed by atoms with Crippen LogP contribution in [0.2, 0.25) is 0 Å². The molecule has 0 aliphatic carbocycles. The number of hydrogen-bond acceptors (Lipinski definition) is 4. The van der Waals surface area contributed by atoms with Crippen molar-refractivity contribution in [3.8, 4) is 0 Å². The van der Waals surface area contributed by atoms with Crippen molar-refractivity contribution in [1.29, 1.82) is 0 Å². The van der Waals surface area contributed by atoms with Gasteiger partial charge in [-0.1, -0.05) is 0 Å². The van der Waals surface area contributed by atoms with E-state index in [1.807, 2.05) is 0 Å². The summed E-state index contributed by atoms with van der Waals surface area (Å²) < 4.78 is 27.9. The molecule has 0 saturated carbocycles. The molecular formula is C14H14N2O4S. The van der Waals surface area contributed by atoms with Gasteiger partial charge in [-0.05, 0) is 43.2 Å². The molecule has 21 heavy (non-hydrogen) atoms. The van der Waals surface area contributed by atoms with E-state index in [4.69, 9.17) is 9.56 Å². The lowest BCUT2D eigenvalue weighted by molar-refractivity contribution is 0.0988. The number of fused-ring (bicyclic) bond motifs is 1. The Labute approximate surface area is 122 Å². The van der Waals surface area contributed by atoms with Gasteiger partial charge in [0.1, 0.15) is 5.76 Å². The number of benzene rings is 1. The second-order valence-electron chi connectivity index (χ2n) is 4.93. The molecule has 1 aromatic heterocycles. The Morgan fingerprint density at radius 3 is 2.71 bits per heavy atom. The van der Waals surface area contributed by atoms with E-state index >= 15 is 0 Å². The highest BCUT2D eigenvalue weighted by Crippen LogP contribution is 2.31. The van der Waals surface area contributed by atoms with Crippen LogP contribution in [-0.2, 0) is 16.4 Å². The predicted octanol–water partition coefficient (Wildman–Crippen LogP) is 1.44. The smallest absolute Gasteiger partial charge is 0.261 e. The molecule has 1 amide bonds. The minimum atomic E-state index is -3.73. The summed E-state index contributed by atoms with van der Waals surface area (Å²) in [5.41, 5.74) is 2.03. The number of anilines is 1. The summed E-state index contributed by atoms with van der Waals surface area (Å²) in [7, 11) is -3.73. The maximum Gasteiger partial charge on any atom is 0.261 e. The van der Waals surface area contributed by atoms with Crippen molar-refractivity contribution in [2.75, 3.05) is 11.4 Å². The number of carbonyl (C=O) groups is 1. The van der Waals surface area contributed by atoms with Crippen LogP contribution in [0.1, 0.15) is 21.7 Å². The average Bonchev–Trinajstić information content (AvgIpc) is 3.02. The van der Waals surface area contributed by atoms with Gasteiger partial charge in [-0.3, -0.25) is 4.79 Å². The quantitative estimate of drug-likeness (QED) is 0.908. The fraction of sp³-hybridized carbons (Fsp3) is 0.214. The van der Waals surface area contributed by atoms with Crippen molar-refractivity contribution in [1.82, 2.24) is 0 Å². The SMILES string of the molecule is Cc1occc1C(=O)N1CCc2cc(S(N)(=O)=O)ccc21. The third-order valence-electron chi connectivity index (χ3n) is 3.61. The molecule has 7 heteroatoms. The van der Waals surface area contributed by atoms with E-state index in [1.165, 1.54) is 18.4 Å². The first-order chi connectivity index (χ1) is 9.88. The first-order valence-corrected chi connectivity index (χ1v) is 7.94. The van der Waals surface area contributed by atoms with Gasteiger partial charge < -0.3 is 9.32 Å². The van der Waals surface area contributed by atoms with E-state index in [1.54, 1.807) is 24.0 Å². The molecule has 2 aromatic rings. The molecule has 1 aromatic carbocycles. The normalized spacial score (nSPS) is 14.3. The molecule has 0 saturated heterocycles. The molecule has 2 N–H and O–H groups in total. The van der Waals surface area contributed by atoms with Crippen LogP contribution in [0.15, 0.2) is 39.8 Å². The third kappa shape index (κ3) is 2.34. The zero-order valence-corrected chi connectivity index (χ0v) is 12.2. The summed E-state index contributed by atoms with van der Waals surface area (Å²) in [6.07, 6.45) is 2.07. The number of primary sulfonamides is 1. The van der Waals surface area contributed by atoms with Gasteiger partial charge in [0, 0.05) is 12.2 Å². The number of nitrogens with zero attached hydrogens (tertiary/aromatic N) is 1. The molecule has 6 nitrogen and oxygen atoms in total. The van der Waals surface area contributed by atoms with Gasteiger partial charge in [-0.2, -0.15) is 0 Å². The number of aryl methyl sites for hydroxylation is 1. The number of sulfonamides is 1. The zero-order valence-electron chi connectivity index (χ0n) is 11.4. The number of amides is 1.